The smallest absolute Gasteiger partial charge is 0.253 e. The van der Waals surface area contributed by atoms with E-state index in [9.17, 15) is 13.2 Å². The molecule has 0 spiro atoms. The van der Waals surface area contributed by atoms with Crippen molar-refractivity contribution < 1.29 is 13.2 Å². The van der Waals surface area contributed by atoms with Crippen molar-refractivity contribution in [1.29, 1.82) is 0 Å². The molecule has 2 aromatic carbocycles. The van der Waals surface area contributed by atoms with Gasteiger partial charge in [-0.3, -0.25) is 9.52 Å². The summed E-state index contributed by atoms with van der Waals surface area (Å²) < 4.78 is 27.3. The van der Waals surface area contributed by atoms with Crippen LogP contribution in [-0.2, 0) is 15.8 Å². The van der Waals surface area contributed by atoms with Crippen LogP contribution in [0.2, 0.25) is 0 Å². The van der Waals surface area contributed by atoms with E-state index in [1.54, 1.807) is 48.5 Å². The molecule has 0 radical (unpaired) electrons. The van der Waals surface area contributed by atoms with Crippen molar-refractivity contribution in [2.45, 2.75) is 32.1 Å². The average Bonchev–Trinajstić information content (AvgIpc) is 2.46. The lowest BCUT2D eigenvalue weighted by atomic mass is 10.1. The van der Waals surface area contributed by atoms with E-state index in [2.05, 4.69) is 10.0 Å². The highest BCUT2D eigenvalue weighted by Gasteiger charge is 2.20. The summed E-state index contributed by atoms with van der Waals surface area (Å²) in [6.45, 7) is 5.60. The van der Waals surface area contributed by atoms with Gasteiger partial charge >= 0.3 is 0 Å². The first-order valence-electron chi connectivity index (χ1n) is 7.62. The number of nitrogens with one attached hydrogen (secondary N) is 2. The Morgan fingerprint density at radius 3 is 2.17 bits per heavy atom. The van der Waals surface area contributed by atoms with Crippen LogP contribution in [0.1, 0.15) is 36.7 Å². The molecule has 1 amide bonds. The average molecular weight is 346 g/mol. The first-order valence-corrected chi connectivity index (χ1v) is 9.27. The Balaban J connectivity index is 2.22. The van der Waals surface area contributed by atoms with E-state index < -0.39 is 15.6 Å². The van der Waals surface area contributed by atoms with E-state index in [1.165, 1.54) is 0 Å². The number of carbonyl (C=O) groups excluding carboxylic acids is 1. The van der Waals surface area contributed by atoms with Crippen LogP contribution in [0.5, 0.6) is 0 Å². The van der Waals surface area contributed by atoms with Crippen molar-refractivity contribution in [3.8, 4) is 0 Å². The van der Waals surface area contributed by atoms with Crippen LogP contribution in [-0.4, -0.2) is 19.9 Å². The zero-order chi connectivity index (χ0) is 17.8. The van der Waals surface area contributed by atoms with Crippen LogP contribution < -0.4 is 10.0 Å². The largest absolute Gasteiger partial charge is 0.347 e. The maximum absolute atomic E-state index is 12.4. The third-order valence-electron chi connectivity index (χ3n) is 3.13. The number of amides is 1. The molecule has 2 rings (SSSR count). The van der Waals surface area contributed by atoms with Crippen molar-refractivity contribution in [2.75, 3.05) is 4.72 Å². The van der Waals surface area contributed by atoms with Crippen LogP contribution in [0.25, 0.3) is 0 Å². The predicted molar refractivity (Wildman–Crippen MR) is 96.3 cm³/mol. The quantitative estimate of drug-likeness (QED) is 0.873. The highest BCUT2D eigenvalue weighted by atomic mass is 32.2. The summed E-state index contributed by atoms with van der Waals surface area (Å²) in [5.41, 5.74) is 0.841. The third kappa shape index (κ3) is 5.38. The van der Waals surface area contributed by atoms with Gasteiger partial charge in [-0.1, -0.05) is 42.5 Å². The zero-order valence-corrected chi connectivity index (χ0v) is 14.9. The molecule has 0 aromatic heterocycles. The van der Waals surface area contributed by atoms with Crippen LogP contribution >= 0.6 is 0 Å². The topological polar surface area (TPSA) is 75.3 Å². The third-order valence-corrected chi connectivity index (χ3v) is 4.37. The minimum Gasteiger partial charge on any atom is -0.347 e. The maximum atomic E-state index is 12.4. The first kappa shape index (κ1) is 18.0. The minimum atomic E-state index is -3.62. The van der Waals surface area contributed by atoms with Gasteiger partial charge in [0.2, 0.25) is 10.0 Å². The summed E-state index contributed by atoms with van der Waals surface area (Å²) >= 11 is 0. The molecule has 0 saturated carbocycles. The number of sulfonamides is 1. The number of benzene rings is 2. The number of para-hydroxylation sites is 1. The van der Waals surface area contributed by atoms with Crippen LogP contribution in [0.3, 0.4) is 0 Å². The summed E-state index contributed by atoms with van der Waals surface area (Å²) in [5.74, 6) is -0.469. The number of hydrogen-bond donors (Lipinski definition) is 2. The van der Waals surface area contributed by atoms with Gasteiger partial charge in [0.15, 0.2) is 0 Å². The van der Waals surface area contributed by atoms with Crippen molar-refractivity contribution >= 4 is 21.6 Å². The number of hydrogen-bond acceptors (Lipinski definition) is 3. The van der Waals surface area contributed by atoms with E-state index in [0.29, 0.717) is 11.1 Å². The Kier molecular flexibility index (Phi) is 5.29. The molecule has 0 unspecified atom stereocenters. The molecule has 2 N–H and O–H groups in total. The molecule has 0 fully saturated rings. The lowest BCUT2D eigenvalue weighted by Gasteiger charge is -2.21. The van der Waals surface area contributed by atoms with Gasteiger partial charge in [0.1, 0.15) is 0 Å². The fraction of sp³-hybridized carbons (Fsp3) is 0.278. The highest BCUT2D eigenvalue weighted by Crippen LogP contribution is 2.19. The summed E-state index contributed by atoms with van der Waals surface area (Å²) in [6, 6.07) is 15.5. The summed E-state index contributed by atoms with van der Waals surface area (Å²) in [4.78, 5) is 12.4. The molecular formula is C18H22N2O3S. The molecule has 128 valence electrons. The minimum absolute atomic E-state index is 0.150. The molecular weight excluding hydrogens is 324 g/mol. The second-order valence-corrected chi connectivity index (χ2v) is 8.32. The standard InChI is InChI=1S/C18H22N2O3S/c1-18(2,3)19-17(21)15-11-7-8-12-16(15)20-24(22,23)13-14-9-5-4-6-10-14/h4-12,20H,13H2,1-3H3,(H,19,21). The molecule has 2 aromatic rings. The molecule has 0 saturated heterocycles. The first-order chi connectivity index (χ1) is 11.2. The van der Waals surface area contributed by atoms with E-state index in [4.69, 9.17) is 0 Å². The Hall–Kier alpha value is -2.34. The van der Waals surface area contributed by atoms with Crippen LogP contribution in [0.15, 0.2) is 54.6 Å². The van der Waals surface area contributed by atoms with Crippen molar-refractivity contribution in [3.05, 3.63) is 65.7 Å². The zero-order valence-electron chi connectivity index (χ0n) is 14.0. The predicted octanol–water partition coefficient (Wildman–Crippen LogP) is 3.16. The van der Waals surface area contributed by atoms with E-state index >= 15 is 0 Å². The second-order valence-electron chi connectivity index (χ2n) is 6.60. The van der Waals surface area contributed by atoms with Gasteiger partial charge in [-0.25, -0.2) is 8.42 Å². The summed E-state index contributed by atoms with van der Waals surface area (Å²) in [6.07, 6.45) is 0. The van der Waals surface area contributed by atoms with Gasteiger partial charge in [0, 0.05) is 5.54 Å². The Morgan fingerprint density at radius 2 is 1.54 bits per heavy atom. The van der Waals surface area contributed by atoms with Crippen molar-refractivity contribution in [2.24, 2.45) is 0 Å². The molecule has 0 aliphatic rings. The molecule has 0 atom stereocenters. The van der Waals surface area contributed by atoms with Crippen molar-refractivity contribution in [1.82, 2.24) is 5.32 Å². The molecule has 0 bridgehead atoms. The molecule has 5 nitrogen and oxygen atoms in total. The SMILES string of the molecule is CC(C)(C)NC(=O)c1ccccc1NS(=O)(=O)Cc1ccccc1. The summed E-state index contributed by atoms with van der Waals surface area (Å²) in [7, 11) is -3.62. The Morgan fingerprint density at radius 1 is 0.958 bits per heavy atom. The number of anilines is 1. The normalized spacial score (nSPS) is 11.8. The molecule has 0 heterocycles. The Bertz CT molecular complexity index is 810. The van der Waals surface area contributed by atoms with Gasteiger partial charge in [-0.2, -0.15) is 0 Å². The van der Waals surface area contributed by atoms with Gasteiger partial charge < -0.3 is 5.32 Å². The van der Waals surface area contributed by atoms with Crippen molar-refractivity contribution in [3.63, 3.8) is 0 Å². The molecule has 0 aliphatic carbocycles. The second kappa shape index (κ2) is 7.05. The number of carbonyl (C=O) groups is 1. The number of rotatable bonds is 5. The lowest BCUT2D eigenvalue weighted by molar-refractivity contribution is 0.0920. The van der Waals surface area contributed by atoms with Gasteiger partial charge in [0.05, 0.1) is 17.0 Å². The Labute approximate surface area is 143 Å². The molecule has 0 aliphatic heterocycles. The lowest BCUT2D eigenvalue weighted by Crippen LogP contribution is -2.40. The van der Waals surface area contributed by atoms with E-state index in [1.807, 2.05) is 26.8 Å². The van der Waals surface area contributed by atoms with Gasteiger partial charge in [-0.05, 0) is 38.5 Å². The van der Waals surface area contributed by atoms with Crippen LogP contribution in [0, 0.1) is 0 Å². The van der Waals surface area contributed by atoms with E-state index in [0.717, 1.165) is 0 Å². The highest BCUT2D eigenvalue weighted by molar-refractivity contribution is 7.91. The van der Waals surface area contributed by atoms with Crippen LogP contribution in [0.4, 0.5) is 5.69 Å². The van der Waals surface area contributed by atoms with E-state index in [-0.39, 0.29) is 17.3 Å². The molecule has 6 heteroatoms. The monoisotopic (exact) mass is 346 g/mol. The fourth-order valence-electron chi connectivity index (χ4n) is 2.18. The maximum Gasteiger partial charge on any atom is 0.253 e. The molecule has 24 heavy (non-hydrogen) atoms. The van der Waals surface area contributed by atoms with Gasteiger partial charge in [0.25, 0.3) is 5.91 Å². The fourth-order valence-corrected chi connectivity index (χ4v) is 3.39. The summed E-state index contributed by atoms with van der Waals surface area (Å²) in [5, 5.41) is 2.84. The van der Waals surface area contributed by atoms with Gasteiger partial charge in [-0.15, -0.1) is 0 Å².